The molecule has 2 amide bonds. The fourth-order valence-electron chi connectivity index (χ4n) is 2.09. The number of nitrogens with two attached hydrogens (primary N) is 1. The summed E-state index contributed by atoms with van der Waals surface area (Å²) < 4.78 is 38.6. The van der Waals surface area contributed by atoms with Crippen molar-refractivity contribution in [2.75, 3.05) is 0 Å². The Bertz CT molecular complexity index is 763. The number of carbonyl (C=O) groups is 2. The maximum absolute atomic E-state index is 12.9. The molecule has 1 unspecified atom stereocenters. The van der Waals surface area contributed by atoms with E-state index in [0.29, 0.717) is 0 Å². The molecule has 2 aromatic rings. The minimum absolute atomic E-state index is 0.0627. The van der Waals surface area contributed by atoms with Crippen LogP contribution < -0.4 is 11.1 Å². The minimum Gasteiger partial charge on any atom is -0.367 e. The van der Waals surface area contributed by atoms with Crippen LogP contribution >= 0.6 is 0 Å². The molecule has 0 fully saturated rings. The summed E-state index contributed by atoms with van der Waals surface area (Å²) in [5.74, 6) is -1.64. The van der Waals surface area contributed by atoms with Crippen molar-refractivity contribution in [2.45, 2.75) is 18.6 Å². The highest BCUT2D eigenvalue weighted by molar-refractivity contribution is 5.99. The molecule has 1 heterocycles. The van der Waals surface area contributed by atoms with E-state index in [1.54, 1.807) is 0 Å². The topological polar surface area (TPSA) is 85.1 Å². The Morgan fingerprint density at radius 2 is 1.67 bits per heavy atom. The van der Waals surface area contributed by atoms with Crippen molar-refractivity contribution in [1.82, 2.24) is 10.3 Å². The summed E-state index contributed by atoms with van der Waals surface area (Å²) in [7, 11) is 0. The molecule has 0 bridgehead atoms. The molecule has 0 radical (unpaired) electrons. The van der Waals surface area contributed by atoms with Gasteiger partial charge in [0.25, 0.3) is 5.91 Å². The number of benzene rings is 1. The lowest BCUT2D eigenvalue weighted by Crippen LogP contribution is -2.52. The van der Waals surface area contributed by atoms with E-state index in [1.807, 2.05) is 0 Å². The third kappa shape index (κ3) is 3.53. The summed E-state index contributed by atoms with van der Waals surface area (Å²) >= 11 is 0. The van der Waals surface area contributed by atoms with Crippen LogP contribution in [0.5, 0.6) is 0 Å². The fraction of sp³-hybridized carbons (Fsp3) is 0.188. The normalized spacial score (nSPS) is 13.8. The summed E-state index contributed by atoms with van der Waals surface area (Å²) in [4.78, 5) is 27.9. The molecule has 126 valence electrons. The lowest BCUT2D eigenvalue weighted by molar-refractivity contribution is -0.137. The largest absolute Gasteiger partial charge is 0.416 e. The van der Waals surface area contributed by atoms with Gasteiger partial charge in [-0.25, -0.2) is 0 Å². The molecular formula is C16H14F3N3O2. The molecule has 1 aromatic heterocycles. The molecule has 0 spiro atoms. The summed E-state index contributed by atoms with van der Waals surface area (Å²) in [6.07, 6.45) is -1.83. The number of pyridine rings is 1. The zero-order chi connectivity index (χ0) is 18.0. The van der Waals surface area contributed by atoms with Crippen molar-refractivity contribution >= 4 is 11.8 Å². The maximum atomic E-state index is 12.9. The van der Waals surface area contributed by atoms with Crippen molar-refractivity contribution in [3.05, 3.63) is 65.5 Å². The van der Waals surface area contributed by atoms with Crippen LogP contribution in [0.4, 0.5) is 13.2 Å². The van der Waals surface area contributed by atoms with Crippen LogP contribution in [0.2, 0.25) is 0 Å². The van der Waals surface area contributed by atoms with Crippen LogP contribution in [-0.4, -0.2) is 16.8 Å². The lowest BCUT2D eigenvalue weighted by Gasteiger charge is -2.28. The highest BCUT2D eigenvalue weighted by atomic mass is 19.4. The van der Waals surface area contributed by atoms with Crippen molar-refractivity contribution in [3.8, 4) is 0 Å². The number of carbonyl (C=O) groups excluding carboxylic acids is 2. The molecule has 1 atom stereocenters. The Hall–Kier alpha value is -2.90. The number of nitrogens with zero attached hydrogens (tertiary/aromatic N) is 1. The summed E-state index contributed by atoms with van der Waals surface area (Å²) in [6, 6.07) is 6.92. The van der Waals surface area contributed by atoms with Gasteiger partial charge in [-0.05, 0) is 36.8 Å². The highest BCUT2D eigenvalue weighted by Crippen LogP contribution is 2.32. The van der Waals surface area contributed by atoms with Gasteiger partial charge in [0, 0.05) is 18.0 Å². The predicted octanol–water partition coefficient (Wildman–Crippen LogP) is 2.23. The van der Waals surface area contributed by atoms with Gasteiger partial charge in [0.05, 0.1) is 5.56 Å². The minimum atomic E-state index is -4.58. The first-order valence-electron chi connectivity index (χ1n) is 6.85. The van der Waals surface area contributed by atoms with E-state index in [4.69, 9.17) is 5.73 Å². The second-order valence-electron chi connectivity index (χ2n) is 5.26. The number of primary amides is 1. The third-order valence-electron chi connectivity index (χ3n) is 3.57. The quantitative estimate of drug-likeness (QED) is 0.897. The smallest absolute Gasteiger partial charge is 0.367 e. The molecule has 0 saturated carbocycles. The van der Waals surface area contributed by atoms with Gasteiger partial charge in [-0.2, -0.15) is 13.2 Å². The molecular weight excluding hydrogens is 323 g/mol. The van der Waals surface area contributed by atoms with Crippen LogP contribution in [0.25, 0.3) is 0 Å². The van der Waals surface area contributed by atoms with Crippen LogP contribution in [-0.2, 0) is 16.5 Å². The number of amides is 2. The van der Waals surface area contributed by atoms with Crippen molar-refractivity contribution in [2.24, 2.45) is 5.73 Å². The average Bonchev–Trinajstić information content (AvgIpc) is 2.54. The van der Waals surface area contributed by atoms with Gasteiger partial charge in [-0.3, -0.25) is 14.6 Å². The zero-order valence-corrected chi connectivity index (χ0v) is 12.6. The maximum Gasteiger partial charge on any atom is 0.416 e. The molecule has 0 aliphatic rings. The molecule has 2 rings (SSSR count). The molecule has 0 saturated heterocycles. The third-order valence-corrected chi connectivity index (χ3v) is 3.57. The number of hydrogen-bond donors (Lipinski definition) is 2. The Balaban J connectivity index is 2.41. The molecule has 3 N–H and O–H groups in total. The molecule has 1 aromatic carbocycles. The monoisotopic (exact) mass is 337 g/mol. The molecule has 8 heteroatoms. The van der Waals surface area contributed by atoms with Gasteiger partial charge in [0.15, 0.2) is 0 Å². The number of alkyl halides is 3. The van der Waals surface area contributed by atoms with Crippen LogP contribution in [0, 0.1) is 0 Å². The Kier molecular flexibility index (Phi) is 4.59. The standard InChI is InChI=1S/C16H14F3N3O2/c1-15(14(20)24,22-13(23)10-5-7-21-8-6-10)11-3-2-4-12(9-11)16(17,18)19/h2-9H,1H3,(H2,20,24)(H,22,23). The second kappa shape index (κ2) is 6.31. The number of aromatic nitrogens is 1. The number of hydrogen-bond acceptors (Lipinski definition) is 3. The number of halogens is 3. The average molecular weight is 337 g/mol. The van der Waals surface area contributed by atoms with Gasteiger partial charge in [0.1, 0.15) is 5.54 Å². The molecule has 5 nitrogen and oxygen atoms in total. The van der Waals surface area contributed by atoms with Crippen molar-refractivity contribution in [3.63, 3.8) is 0 Å². The van der Waals surface area contributed by atoms with Crippen LogP contribution in [0.3, 0.4) is 0 Å². The Morgan fingerprint density at radius 3 is 2.21 bits per heavy atom. The van der Waals surface area contributed by atoms with Crippen molar-refractivity contribution < 1.29 is 22.8 Å². The van der Waals surface area contributed by atoms with Crippen LogP contribution in [0.1, 0.15) is 28.4 Å². The lowest BCUT2D eigenvalue weighted by atomic mass is 9.89. The predicted molar refractivity (Wildman–Crippen MR) is 79.7 cm³/mol. The van der Waals surface area contributed by atoms with Gasteiger partial charge in [0.2, 0.25) is 5.91 Å². The summed E-state index contributed by atoms with van der Waals surface area (Å²) in [6.45, 7) is 1.25. The van der Waals surface area contributed by atoms with E-state index in [2.05, 4.69) is 10.3 Å². The molecule has 0 aliphatic carbocycles. The summed E-state index contributed by atoms with van der Waals surface area (Å²) in [5, 5.41) is 2.40. The van der Waals surface area contributed by atoms with Crippen LogP contribution in [0.15, 0.2) is 48.8 Å². The van der Waals surface area contributed by atoms with E-state index in [0.717, 1.165) is 18.2 Å². The zero-order valence-electron chi connectivity index (χ0n) is 12.6. The fourth-order valence-corrected chi connectivity index (χ4v) is 2.09. The first-order valence-corrected chi connectivity index (χ1v) is 6.85. The van der Waals surface area contributed by atoms with Crippen molar-refractivity contribution in [1.29, 1.82) is 0 Å². The summed E-state index contributed by atoms with van der Waals surface area (Å²) in [5.41, 5.74) is 2.73. The highest BCUT2D eigenvalue weighted by Gasteiger charge is 2.38. The van der Waals surface area contributed by atoms with E-state index in [9.17, 15) is 22.8 Å². The van der Waals surface area contributed by atoms with Gasteiger partial charge in [-0.1, -0.05) is 12.1 Å². The molecule has 0 aliphatic heterocycles. The van der Waals surface area contributed by atoms with Gasteiger partial charge in [-0.15, -0.1) is 0 Å². The Morgan fingerprint density at radius 1 is 1.08 bits per heavy atom. The van der Waals surface area contributed by atoms with E-state index < -0.39 is 29.1 Å². The SMILES string of the molecule is CC(NC(=O)c1ccncc1)(C(N)=O)c1cccc(C(F)(F)F)c1. The first kappa shape index (κ1) is 17.5. The number of rotatable bonds is 4. The second-order valence-corrected chi connectivity index (χ2v) is 5.26. The van der Waals surface area contributed by atoms with E-state index in [-0.39, 0.29) is 11.1 Å². The van der Waals surface area contributed by atoms with E-state index in [1.165, 1.54) is 37.5 Å². The van der Waals surface area contributed by atoms with Gasteiger partial charge >= 0.3 is 6.18 Å². The molecule has 24 heavy (non-hydrogen) atoms. The van der Waals surface area contributed by atoms with Gasteiger partial charge < -0.3 is 11.1 Å². The number of nitrogens with one attached hydrogen (secondary N) is 1. The first-order chi connectivity index (χ1) is 11.1. The Labute approximate surface area is 135 Å². The van der Waals surface area contributed by atoms with E-state index >= 15 is 0 Å².